The summed E-state index contributed by atoms with van der Waals surface area (Å²) < 4.78 is 35.5. The van der Waals surface area contributed by atoms with Crippen LogP contribution in [0.5, 0.6) is 0 Å². The van der Waals surface area contributed by atoms with Gasteiger partial charge in [0.25, 0.3) is 5.95 Å². The second kappa shape index (κ2) is 2.05. The molecule has 0 fully saturated rings. The molecule has 0 aliphatic carbocycles. The Morgan fingerprint density at radius 3 is 2.44 bits per heavy atom. The fourth-order valence-corrected chi connectivity index (χ4v) is 0.358. The van der Waals surface area contributed by atoms with Crippen LogP contribution in [0.4, 0.5) is 13.2 Å². The van der Waals surface area contributed by atoms with Crippen molar-refractivity contribution in [2.24, 2.45) is 0 Å². The van der Waals surface area contributed by atoms with E-state index in [0.29, 0.717) is 6.07 Å². The molecule has 1 nitrogen and oxygen atoms in total. The summed E-state index contributed by atoms with van der Waals surface area (Å²) in [6, 6.07) is 2.31. The van der Waals surface area contributed by atoms with E-state index in [1.54, 1.807) is 6.07 Å². The van der Waals surface area contributed by atoms with Crippen molar-refractivity contribution in [3.05, 3.63) is 29.8 Å². The summed E-state index contributed by atoms with van der Waals surface area (Å²) in [5, 5.41) is 0. The minimum atomic E-state index is -1.46. The van der Waals surface area contributed by atoms with Crippen LogP contribution in [-0.4, -0.2) is 4.98 Å². The standard InChI is InChI=1S/C5HF3N/c6-3-1-2-4(7)9-5(3)8/h2H. The fraction of sp³-hybridized carbons (Fsp3) is 0. The van der Waals surface area contributed by atoms with Gasteiger partial charge in [-0.3, -0.25) is 0 Å². The van der Waals surface area contributed by atoms with E-state index in [1.807, 2.05) is 0 Å². The molecule has 0 amide bonds. The first-order valence-electron chi connectivity index (χ1n) is 2.09. The monoisotopic (exact) mass is 132 g/mol. The van der Waals surface area contributed by atoms with E-state index in [2.05, 4.69) is 4.98 Å². The molecule has 0 unspecified atom stereocenters. The Bertz CT molecular complexity index is 223. The summed E-state index contributed by atoms with van der Waals surface area (Å²) in [6.07, 6.45) is 0. The van der Waals surface area contributed by atoms with Crippen LogP contribution >= 0.6 is 0 Å². The minimum absolute atomic E-state index is 0.623. The highest BCUT2D eigenvalue weighted by atomic mass is 19.2. The average Bonchev–Trinajstić information content (AvgIpc) is 1.80. The first kappa shape index (κ1) is 6.07. The van der Waals surface area contributed by atoms with Gasteiger partial charge >= 0.3 is 0 Å². The van der Waals surface area contributed by atoms with Gasteiger partial charge in [0.05, 0.1) is 0 Å². The highest BCUT2D eigenvalue weighted by Gasteiger charge is 2.02. The summed E-state index contributed by atoms with van der Waals surface area (Å²) in [4.78, 5) is 2.53. The van der Waals surface area contributed by atoms with E-state index >= 15 is 0 Å². The summed E-state index contributed by atoms with van der Waals surface area (Å²) in [5.41, 5.74) is 0. The van der Waals surface area contributed by atoms with Crippen LogP contribution in [-0.2, 0) is 0 Å². The molecule has 0 aromatic carbocycles. The Kier molecular flexibility index (Phi) is 1.38. The molecule has 0 atom stereocenters. The fourth-order valence-electron chi connectivity index (χ4n) is 0.358. The van der Waals surface area contributed by atoms with E-state index in [1.165, 1.54) is 0 Å². The lowest BCUT2D eigenvalue weighted by Gasteiger charge is -1.87. The van der Waals surface area contributed by atoms with Crippen LogP contribution in [0.25, 0.3) is 0 Å². The molecule has 0 saturated heterocycles. The van der Waals surface area contributed by atoms with E-state index in [0.717, 1.165) is 0 Å². The molecule has 0 aliphatic heterocycles. The number of hydrogen-bond acceptors (Lipinski definition) is 1. The first-order chi connectivity index (χ1) is 4.20. The largest absolute Gasteiger partial charge is 0.252 e. The zero-order chi connectivity index (χ0) is 6.85. The van der Waals surface area contributed by atoms with Crippen molar-refractivity contribution in [1.29, 1.82) is 0 Å². The number of halogens is 3. The van der Waals surface area contributed by atoms with E-state index in [9.17, 15) is 13.2 Å². The Hall–Kier alpha value is -1.06. The molecular formula is C5HF3N. The molecule has 4 heteroatoms. The molecule has 0 bridgehead atoms. The number of hydrogen-bond donors (Lipinski definition) is 0. The number of rotatable bonds is 0. The third-order valence-electron chi connectivity index (χ3n) is 0.704. The summed E-state index contributed by atoms with van der Waals surface area (Å²) in [5.74, 6) is -3.81. The van der Waals surface area contributed by atoms with Gasteiger partial charge in [-0.25, -0.2) is 4.39 Å². The van der Waals surface area contributed by atoms with Gasteiger partial charge in [-0.05, 0) is 0 Å². The van der Waals surface area contributed by atoms with Crippen LogP contribution in [0.3, 0.4) is 0 Å². The number of aromatic nitrogens is 1. The van der Waals surface area contributed by atoms with Gasteiger partial charge in [0.1, 0.15) is 0 Å². The van der Waals surface area contributed by atoms with Crippen molar-refractivity contribution < 1.29 is 13.2 Å². The Balaban J connectivity index is 3.17. The van der Waals surface area contributed by atoms with Gasteiger partial charge < -0.3 is 0 Å². The van der Waals surface area contributed by atoms with Crippen molar-refractivity contribution in [3.63, 3.8) is 0 Å². The normalized spacial score (nSPS) is 9.67. The molecule has 1 radical (unpaired) electrons. The molecule has 1 aromatic heterocycles. The smallest absolute Gasteiger partial charge is 0.201 e. The number of nitrogens with zero attached hydrogens (tertiary/aromatic N) is 1. The predicted molar refractivity (Wildman–Crippen MR) is 22.9 cm³/mol. The van der Waals surface area contributed by atoms with Crippen molar-refractivity contribution in [2.75, 3.05) is 0 Å². The summed E-state index contributed by atoms with van der Waals surface area (Å²) in [6.45, 7) is 0. The lowest BCUT2D eigenvalue weighted by molar-refractivity contribution is 0.446. The van der Waals surface area contributed by atoms with Gasteiger partial charge in [-0.2, -0.15) is 13.8 Å². The van der Waals surface area contributed by atoms with Crippen molar-refractivity contribution >= 4 is 0 Å². The maximum Gasteiger partial charge on any atom is 0.252 e. The lowest BCUT2D eigenvalue weighted by Crippen LogP contribution is -1.91. The molecule has 0 N–H and O–H groups in total. The van der Waals surface area contributed by atoms with E-state index in [4.69, 9.17) is 0 Å². The molecule has 0 spiro atoms. The molecular weight excluding hydrogens is 131 g/mol. The lowest BCUT2D eigenvalue weighted by atomic mass is 10.5. The van der Waals surface area contributed by atoms with Crippen LogP contribution in [0, 0.1) is 23.8 Å². The van der Waals surface area contributed by atoms with Crippen molar-refractivity contribution in [3.8, 4) is 0 Å². The predicted octanol–water partition coefficient (Wildman–Crippen LogP) is 1.30. The zero-order valence-corrected chi connectivity index (χ0v) is 4.16. The minimum Gasteiger partial charge on any atom is -0.201 e. The van der Waals surface area contributed by atoms with Crippen molar-refractivity contribution in [2.45, 2.75) is 0 Å². The van der Waals surface area contributed by atoms with Gasteiger partial charge in [-0.15, -0.1) is 0 Å². The van der Waals surface area contributed by atoms with Crippen LogP contribution in [0.2, 0.25) is 0 Å². The van der Waals surface area contributed by atoms with Gasteiger partial charge in [-0.1, -0.05) is 0 Å². The Labute approximate surface area is 49.1 Å². The maximum atomic E-state index is 11.8. The van der Waals surface area contributed by atoms with E-state index in [-0.39, 0.29) is 0 Å². The molecule has 0 saturated carbocycles. The second-order valence-corrected chi connectivity index (χ2v) is 1.33. The zero-order valence-electron chi connectivity index (χ0n) is 4.16. The van der Waals surface area contributed by atoms with Crippen LogP contribution < -0.4 is 0 Å². The highest BCUT2D eigenvalue weighted by Crippen LogP contribution is 2.00. The maximum absolute atomic E-state index is 11.8. The Morgan fingerprint density at radius 1 is 1.33 bits per heavy atom. The Morgan fingerprint density at radius 2 is 2.00 bits per heavy atom. The third-order valence-corrected chi connectivity index (χ3v) is 0.704. The van der Waals surface area contributed by atoms with Gasteiger partial charge in [0.15, 0.2) is 5.82 Å². The van der Waals surface area contributed by atoms with Crippen molar-refractivity contribution in [1.82, 2.24) is 4.98 Å². The summed E-state index contributed by atoms with van der Waals surface area (Å²) in [7, 11) is 0. The van der Waals surface area contributed by atoms with Crippen LogP contribution in [0.15, 0.2) is 6.07 Å². The second-order valence-electron chi connectivity index (χ2n) is 1.33. The van der Waals surface area contributed by atoms with Gasteiger partial charge in [0, 0.05) is 12.1 Å². The molecule has 1 aromatic rings. The highest BCUT2D eigenvalue weighted by molar-refractivity contribution is 4.94. The molecule has 1 heterocycles. The molecule has 9 heavy (non-hydrogen) atoms. The number of pyridine rings is 1. The average molecular weight is 132 g/mol. The third kappa shape index (κ3) is 1.19. The topological polar surface area (TPSA) is 12.9 Å². The quantitative estimate of drug-likeness (QED) is 0.485. The van der Waals surface area contributed by atoms with Crippen LogP contribution in [0.1, 0.15) is 0 Å². The SMILES string of the molecule is Fc1c[c]c(F)c(F)n1. The van der Waals surface area contributed by atoms with Gasteiger partial charge in [0.2, 0.25) is 5.95 Å². The molecule has 47 valence electrons. The first-order valence-corrected chi connectivity index (χ1v) is 2.09. The molecule has 1 rings (SSSR count). The van der Waals surface area contributed by atoms with E-state index < -0.39 is 17.7 Å². The molecule has 0 aliphatic rings. The summed E-state index contributed by atoms with van der Waals surface area (Å²) >= 11 is 0.